The second-order valence-electron chi connectivity index (χ2n) is 7.91. The number of carbonyl (C=O) groups excluding carboxylic acids is 1. The minimum atomic E-state index is -0.370. The Labute approximate surface area is 178 Å². The van der Waals surface area contributed by atoms with E-state index in [1.165, 1.54) is 0 Å². The monoisotopic (exact) mass is 424 g/mol. The van der Waals surface area contributed by atoms with Gasteiger partial charge in [0.15, 0.2) is 5.82 Å². The molecule has 0 radical (unpaired) electrons. The topological polar surface area (TPSA) is 133 Å². The molecule has 3 aromatic heterocycles. The van der Waals surface area contributed by atoms with Gasteiger partial charge in [-0.3, -0.25) is 4.79 Å². The van der Waals surface area contributed by atoms with Crippen molar-refractivity contribution in [2.24, 2.45) is 0 Å². The van der Waals surface area contributed by atoms with Crippen LogP contribution in [0.1, 0.15) is 61.3 Å². The van der Waals surface area contributed by atoms with E-state index in [0.717, 1.165) is 37.1 Å². The number of rotatable bonds is 9. The first-order chi connectivity index (χ1) is 15.2. The smallest absolute Gasteiger partial charge is 0.220 e. The third kappa shape index (κ3) is 4.26. The quantitative estimate of drug-likeness (QED) is 0.521. The largest absolute Gasteiger partial charge is 0.481 e. The molecular weight excluding hydrogens is 400 g/mol. The molecule has 0 bridgehead atoms. The lowest BCUT2D eigenvalue weighted by Crippen LogP contribution is -2.32. The lowest BCUT2D eigenvalue weighted by atomic mass is 10.1. The molecule has 2 aliphatic rings. The molecule has 1 aliphatic heterocycles. The summed E-state index contributed by atoms with van der Waals surface area (Å²) in [4.78, 5) is 15.7. The first-order valence-electron chi connectivity index (χ1n) is 10.5. The molecule has 4 heterocycles. The molecule has 1 aliphatic carbocycles. The maximum Gasteiger partial charge on any atom is 0.220 e. The van der Waals surface area contributed by atoms with Crippen LogP contribution < -0.4 is 15.4 Å². The third-order valence-corrected chi connectivity index (χ3v) is 5.67. The lowest BCUT2D eigenvalue weighted by Gasteiger charge is -2.17. The van der Waals surface area contributed by atoms with Crippen molar-refractivity contribution >= 4 is 5.91 Å². The van der Waals surface area contributed by atoms with Gasteiger partial charge in [0.25, 0.3) is 0 Å². The second kappa shape index (κ2) is 8.42. The number of nitrogens with zero attached hydrogens (tertiary/aromatic N) is 6. The number of amides is 1. The fourth-order valence-corrected chi connectivity index (χ4v) is 3.80. The van der Waals surface area contributed by atoms with Crippen LogP contribution in [-0.4, -0.2) is 56.0 Å². The highest BCUT2D eigenvalue weighted by Gasteiger charge is 2.31. The van der Waals surface area contributed by atoms with Gasteiger partial charge >= 0.3 is 0 Å². The van der Waals surface area contributed by atoms with Gasteiger partial charge in [-0.1, -0.05) is 5.16 Å². The number of tetrazole rings is 1. The minimum absolute atomic E-state index is 0.114. The van der Waals surface area contributed by atoms with Crippen LogP contribution in [0.3, 0.4) is 0 Å². The molecule has 0 aromatic carbocycles. The van der Waals surface area contributed by atoms with E-state index in [1.807, 2.05) is 12.1 Å². The number of methoxy groups -OCH3 is 1. The predicted octanol–water partition coefficient (Wildman–Crippen LogP) is 1.28. The maximum atomic E-state index is 11.5. The van der Waals surface area contributed by atoms with E-state index in [4.69, 9.17) is 9.26 Å². The SMILES string of the molecule is COc1ccc(-n2nnnc2C(NCC[C@@H]2CCC(=O)N2)c2cc(C3CC3)on2)cn1. The van der Waals surface area contributed by atoms with Crippen molar-refractivity contribution in [2.45, 2.75) is 50.1 Å². The van der Waals surface area contributed by atoms with Crippen LogP contribution in [0.15, 0.2) is 28.9 Å². The van der Waals surface area contributed by atoms with Gasteiger partial charge in [0, 0.05) is 30.5 Å². The van der Waals surface area contributed by atoms with E-state index in [1.54, 1.807) is 24.1 Å². The molecule has 11 heteroatoms. The van der Waals surface area contributed by atoms with Crippen molar-refractivity contribution in [1.82, 2.24) is 41.0 Å². The number of pyridine rings is 1. The summed E-state index contributed by atoms with van der Waals surface area (Å²) in [6.45, 7) is 0.662. The van der Waals surface area contributed by atoms with Crippen LogP contribution in [0.2, 0.25) is 0 Å². The first kappa shape index (κ1) is 19.6. The highest BCUT2D eigenvalue weighted by atomic mass is 16.5. The molecule has 1 unspecified atom stereocenters. The van der Waals surface area contributed by atoms with Crippen LogP contribution in [0.4, 0.5) is 0 Å². The second-order valence-corrected chi connectivity index (χ2v) is 7.91. The van der Waals surface area contributed by atoms with E-state index >= 15 is 0 Å². The van der Waals surface area contributed by atoms with E-state index in [0.29, 0.717) is 36.3 Å². The average molecular weight is 424 g/mol. The summed E-state index contributed by atoms with van der Waals surface area (Å²) < 4.78 is 12.4. The summed E-state index contributed by atoms with van der Waals surface area (Å²) in [5.41, 5.74) is 1.44. The van der Waals surface area contributed by atoms with Crippen molar-refractivity contribution < 1.29 is 14.1 Å². The Balaban J connectivity index is 1.39. The van der Waals surface area contributed by atoms with E-state index in [-0.39, 0.29) is 18.0 Å². The summed E-state index contributed by atoms with van der Waals surface area (Å²) in [5.74, 6) is 2.56. The summed E-state index contributed by atoms with van der Waals surface area (Å²) in [7, 11) is 1.57. The molecule has 2 fully saturated rings. The molecule has 11 nitrogen and oxygen atoms in total. The summed E-state index contributed by atoms with van der Waals surface area (Å²) in [5, 5.41) is 23.1. The fraction of sp³-hybridized carbons (Fsp3) is 0.500. The van der Waals surface area contributed by atoms with Gasteiger partial charge in [0.1, 0.15) is 17.5 Å². The summed E-state index contributed by atoms with van der Waals surface area (Å²) >= 11 is 0. The molecule has 1 amide bonds. The predicted molar refractivity (Wildman–Crippen MR) is 108 cm³/mol. The Bertz CT molecular complexity index is 1040. The van der Waals surface area contributed by atoms with Gasteiger partial charge in [-0.25, -0.2) is 4.98 Å². The Morgan fingerprint density at radius 2 is 2.26 bits per heavy atom. The number of carbonyl (C=O) groups is 1. The highest BCUT2D eigenvalue weighted by molar-refractivity contribution is 5.78. The van der Waals surface area contributed by atoms with Gasteiger partial charge in [-0.2, -0.15) is 4.68 Å². The standard InChI is InChI=1S/C20H24N8O3/c1-30-18-7-5-14(11-22-18)28-20(24-26-27-28)19(15-10-16(31-25-15)12-2-3-12)21-9-8-13-4-6-17(29)23-13/h5,7,10-13,19,21H,2-4,6,8-9H2,1H3,(H,23,29)/t13-,19?/m0/s1. The molecule has 2 N–H and O–H groups in total. The lowest BCUT2D eigenvalue weighted by molar-refractivity contribution is -0.119. The molecule has 162 valence electrons. The van der Waals surface area contributed by atoms with Gasteiger partial charge < -0.3 is 19.9 Å². The van der Waals surface area contributed by atoms with Gasteiger partial charge in [-0.05, 0) is 48.7 Å². The van der Waals surface area contributed by atoms with Crippen LogP contribution in [-0.2, 0) is 4.79 Å². The maximum absolute atomic E-state index is 11.5. The van der Waals surface area contributed by atoms with Crippen molar-refractivity contribution in [3.8, 4) is 11.6 Å². The number of nitrogens with one attached hydrogen (secondary N) is 2. The third-order valence-electron chi connectivity index (χ3n) is 5.67. The molecule has 2 atom stereocenters. The number of aromatic nitrogens is 6. The van der Waals surface area contributed by atoms with Crippen LogP contribution >= 0.6 is 0 Å². The Morgan fingerprint density at radius 3 is 2.97 bits per heavy atom. The van der Waals surface area contributed by atoms with Crippen molar-refractivity contribution in [3.63, 3.8) is 0 Å². The molecule has 5 rings (SSSR count). The van der Waals surface area contributed by atoms with Crippen LogP contribution in [0.25, 0.3) is 5.69 Å². The van der Waals surface area contributed by atoms with Gasteiger partial charge in [-0.15, -0.1) is 5.10 Å². The first-order valence-corrected chi connectivity index (χ1v) is 10.5. The normalized spacial score (nSPS) is 19.4. The Hall–Kier alpha value is -3.34. The average Bonchev–Trinajstić information content (AvgIpc) is 3.17. The Morgan fingerprint density at radius 1 is 1.35 bits per heavy atom. The zero-order valence-electron chi connectivity index (χ0n) is 17.2. The zero-order valence-corrected chi connectivity index (χ0v) is 17.2. The molecule has 3 aromatic rings. The van der Waals surface area contributed by atoms with Crippen LogP contribution in [0.5, 0.6) is 5.88 Å². The van der Waals surface area contributed by atoms with Gasteiger partial charge in [0.2, 0.25) is 11.8 Å². The molecule has 0 spiro atoms. The minimum Gasteiger partial charge on any atom is -0.481 e. The van der Waals surface area contributed by atoms with Crippen LogP contribution in [0, 0.1) is 0 Å². The number of ether oxygens (including phenoxy) is 1. The van der Waals surface area contributed by atoms with Crippen molar-refractivity contribution in [2.75, 3.05) is 13.7 Å². The van der Waals surface area contributed by atoms with E-state index in [2.05, 4.69) is 36.3 Å². The zero-order chi connectivity index (χ0) is 21.2. The van der Waals surface area contributed by atoms with Crippen molar-refractivity contribution in [1.29, 1.82) is 0 Å². The fourth-order valence-electron chi connectivity index (χ4n) is 3.80. The summed E-state index contributed by atoms with van der Waals surface area (Å²) in [6, 6.07) is 5.40. The van der Waals surface area contributed by atoms with Crippen molar-refractivity contribution in [3.05, 3.63) is 41.7 Å². The summed E-state index contributed by atoms with van der Waals surface area (Å²) in [6.07, 6.45) is 6.16. The molecule has 1 saturated heterocycles. The molecule has 31 heavy (non-hydrogen) atoms. The Kier molecular flexibility index (Phi) is 5.33. The van der Waals surface area contributed by atoms with Gasteiger partial charge in [0.05, 0.1) is 19.0 Å². The van der Waals surface area contributed by atoms with E-state index in [9.17, 15) is 4.79 Å². The molecule has 1 saturated carbocycles. The highest BCUT2D eigenvalue weighted by Crippen LogP contribution is 2.41. The number of hydrogen-bond acceptors (Lipinski definition) is 9. The molecular formula is C20H24N8O3. The van der Waals surface area contributed by atoms with E-state index < -0.39 is 0 Å². The number of hydrogen-bond donors (Lipinski definition) is 2.